The van der Waals surface area contributed by atoms with Crippen LogP contribution in [0.1, 0.15) is 58.3 Å². The number of likely N-dealkylation sites (N-methyl/N-ethyl adjacent to an activating group) is 1. The smallest absolute Gasteiger partial charge is 0.326 e. The first-order valence-electron chi connectivity index (χ1n) is 8.29. The number of esters is 1. The number of nitrogens with zero attached hydrogens (tertiary/aromatic N) is 1. The van der Waals surface area contributed by atoms with Crippen LogP contribution in [0.2, 0.25) is 0 Å². The van der Waals surface area contributed by atoms with Gasteiger partial charge in [-0.3, -0.25) is 4.79 Å². The summed E-state index contributed by atoms with van der Waals surface area (Å²) >= 11 is 0. The molecule has 0 aromatic carbocycles. The third-order valence-corrected chi connectivity index (χ3v) is 4.99. The van der Waals surface area contributed by atoms with Crippen molar-refractivity contribution < 1.29 is 9.53 Å². The largest absolute Gasteiger partial charge is 0.468 e. The zero-order valence-electron chi connectivity index (χ0n) is 13.1. The van der Waals surface area contributed by atoms with E-state index in [-0.39, 0.29) is 5.97 Å². The van der Waals surface area contributed by atoms with Crippen LogP contribution in [0.25, 0.3) is 0 Å². The molecule has 0 aromatic rings. The van der Waals surface area contributed by atoms with Gasteiger partial charge in [-0.15, -0.1) is 0 Å². The molecule has 4 nitrogen and oxygen atoms in total. The molecule has 1 heterocycles. The fourth-order valence-corrected chi connectivity index (χ4v) is 3.92. The van der Waals surface area contributed by atoms with Crippen LogP contribution in [0.5, 0.6) is 0 Å². The van der Waals surface area contributed by atoms with E-state index in [0.717, 1.165) is 25.8 Å². The van der Waals surface area contributed by atoms with Gasteiger partial charge in [0.1, 0.15) is 5.54 Å². The van der Waals surface area contributed by atoms with E-state index in [9.17, 15) is 4.79 Å². The lowest BCUT2D eigenvalue weighted by Gasteiger charge is -2.32. The number of carbonyl (C=O) groups excluding carboxylic acids is 1. The molecule has 2 atom stereocenters. The van der Waals surface area contributed by atoms with E-state index in [4.69, 9.17) is 4.74 Å². The summed E-state index contributed by atoms with van der Waals surface area (Å²) < 4.78 is 5.05. The zero-order chi connectivity index (χ0) is 14.4. The van der Waals surface area contributed by atoms with Crippen LogP contribution < -0.4 is 5.32 Å². The Balaban J connectivity index is 1.99. The summed E-state index contributed by atoms with van der Waals surface area (Å²) in [7, 11) is 1.50. The lowest BCUT2D eigenvalue weighted by atomic mass is 9.96. The third-order valence-electron chi connectivity index (χ3n) is 4.99. The molecule has 0 radical (unpaired) electrons. The Hall–Kier alpha value is -0.610. The van der Waals surface area contributed by atoms with Crippen LogP contribution in [0.4, 0.5) is 0 Å². The van der Waals surface area contributed by atoms with Gasteiger partial charge in [0.25, 0.3) is 0 Å². The molecule has 1 aliphatic carbocycles. The van der Waals surface area contributed by atoms with Crippen molar-refractivity contribution in [3.05, 3.63) is 0 Å². The summed E-state index contributed by atoms with van der Waals surface area (Å²) in [5, 5.41) is 3.40. The van der Waals surface area contributed by atoms with Crippen molar-refractivity contribution in [3.8, 4) is 0 Å². The molecule has 1 N–H and O–H groups in total. The number of methoxy groups -OCH3 is 1. The molecule has 0 amide bonds. The summed E-state index contributed by atoms with van der Waals surface area (Å²) in [6.07, 6.45) is 9.66. The Kier molecular flexibility index (Phi) is 5.85. The second kappa shape index (κ2) is 7.41. The first-order chi connectivity index (χ1) is 9.72. The number of rotatable bonds is 4. The second-order valence-electron chi connectivity index (χ2n) is 6.30. The monoisotopic (exact) mass is 282 g/mol. The highest BCUT2D eigenvalue weighted by Crippen LogP contribution is 2.35. The van der Waals surface area contributed by atoms with Gasteiger partial charge >= 0.3 is 5.97 Å². The molecule has 1 saturated heterocycles. The van der Waals surface area contributed by atoms with E-state index in [1.165, 1.54) is 52.3 Å². The summed E-state index contributed by atoms with van der Waals surface area (Å²) in [5.41, 5.74) is -0.434. The molecule has 2 rings (SSSR count). The highest BCUT2D eigenvalue weighted by atomic mass is 16.5. The number of hydrogen-bond donors (Lipinski definition) is 1. The Bertz CT molecular complexity index is 314. The van der Waals surface area contributed by atoms with Gasteiger partial charge in [0.05, 0.1) is 7.11 Å². The van der Waals surface area contributed by atoms with Crippen molar-refractivity contribution in [2.75, 3.05) is 26.7 Å². The van der Waals surface area contributed by atoms with E-state index in [0.29, 0.717) is 6.04 Å². The summed E-state index contributed by atoms with van der Waals surface area (Å²) in [4.78, 5) is 14.8. The van der Waals surface area contributed by atoms with Gasteiger partial charge in [-0.25, -0.2) is 0 Å². The van der Waals surface area contributed by atoms with Crippen LogP contribution >= 0.6 is 0 Å². The molecule has 0 spiro atoms. The van der Waals surface area contributed by atoms with Crippen LogP contribution in [0, 0.1) is 0 Å². The zero-order valence-corrected chi connectivity index (χ0v) is 13.1. The lowest BCUT2D eigenvalue weighted by Crippen LogP contribution is -2.52. The van der Waals surface area contributed by atoms with Crippen molar-refractivity contribution in [1.29, 1.82) is 0 Å². The molecule has 1 saturated carbocycles. The average molecular weight is 282 g/mol. The van der Waals surface area contributed by atoms with Gasteiger partial charge in [-0.1, -0.05) is 26.2 Å². The van der Waals surface area contributed by atoms with Gasteiger partial charge < -0.3 is 15.0 Å². The minimum absolute atomic E-state index is 0.0751. The molecule has 2 unspecified atom stereocenters. The number of likely N-dealkylation sites (tertiary alicyclic amines) is 1. The normalized spacial score (nSPS) is 32.6. The Labute approximate surface area is 123 Å². The van der Waals surface area contributed by atoms with E-state index in [1.807, 2.05) is 0 Å². The molecule has 20 heavy (non-hydrogen) atoms. The Morgan fingerprint density at radius 3 is 2.50 bits per heavy atom. The van der Waals surface area contributed by atoms with Gasteiger partial charge in [0.15, 0.2) is 0 Å². The van der Waals surface area contributed by atoms with Crippen LogP contribution in [-0.2, 0) is 9.53 Å². The summed E-state index contributed by atoms with van der Waals surface area (Å²) in [5.74, 6) is -0.0751. The quantitative estimate of drug-likeness (QED) is 0.804. The Morgan fingerprint density at radius 1 is 1.25 bits per heavy atom. The maximum absolute atomic E-state index is 12.2. The molecule has 4 heteroatoms. The molecule has 0 aromatic heterocycles. The molecule has 2 fully saturated rings. The maximum atomic E-state index is 12.2. The first kappa shape index (κ1) is 15.8. The molecule has 2 aliphatic rings. The van der Waals surface area contributed by atoms with E-state index < -0.39 is 5.54 Å². The lowest BCUT2D eigenvalue weighted by molar-refractivity contribution is -0.148. The van der Waals surface area contributed by atoms with Gasteiger partial charge in [-0.2, -0.15) is 0 Å². The van der Waals surface area contributed by atoms with Crippen molar-refractivity contribution >= 4 is 5.97 Å². The average Bonchev–Trinajstić information content (AvgIpc) is 2.83. The van der Waals surface area contributed by atoms with Crippen LogP contribution in [0.15, 0.2) is 0 Å². The fourth-order valence-electron chi connectivity index (χ4n) is 3.92. The molecule has 0 bridgehead atoms. The molecule has 1 aliphatic heterocycles. The van der Waals surface area contributed by atoms with Gasteiger partial charge in [0, 0.05) is 6.04 Å². The fraction of sp³-hybridized carbons (Fsp3) is 0.938. The number of carbonyl (C=O) groups is 1. The van der Waals surface area contributed by atoms with Crippen molar-refractivity contribution in [2.24, 2.45) is 0 Å². The van der Waals surface area contributed by atoms with Crippen molar-refractivity contribution in [2.45, 2.75) is 69.9 Å². The molecular weight excluding hydrogens is 252 g/mol. The van der Waals surface area contributed by atoms with Gasteiger partial charge in [0.2, 0.25) is 0 Å². The van der Waals surface area contributed by atoms with Gasteiger partial charge in [-0.05, 0) is 51.7 Å². The predicted octanol–water partition coefficient (Wildman–Crippen LogP) is 2.33. The maximum Gasteiger partial charge on any atom is 0.326 e. The minimum Gasteiger partial charge on any atom is -0.468 e. The highest BCUT2D eigenvalue weighted by molar-refractivity contribution is 5.81. The predicted molar refractivity (Wildman–Crippen MR) is 80.7 cm³/mol. The minimum atomic E-state index is -0.434. The standard InChI is InChI=1S/C16H30N2O2/c1-3-17-16(15(19)20-2)10-9-14(13-16)18-11-7-5-4-6-8-12-18/h14,17H,3-13H2,1-2H3. The molecular formula is C16H30N2O2. The third kappa shape index (κ3) is 3.53. The van der Waals surface area contributed by atoms with E-state index in [2.05, 4.69) is 17.1 Å². The van der Waals surface area contributed by atoms with E-state index in [1.54, 1.807) is 0 Å². The first-order valence-corrected chi connectivity index (χ1v) is 8.29. The topological polar surface area (TPSA) is 41.6 Å². The second-order valence-corrected chi connectivity index (χ2v) is 6.30. The number of ether oxygens (including phenoxy) is 1. The van der Waals surface area contributed by atoms with Crippen LogP contribution in [0.3, 0.4) is 0 Å². The Morgan fingerprint density at radius 2 is 1.90 bits per heavy atom. The SMILES string of the molecule is CCNC1(C(=O)OC)CCC(N2CCCCCCC2)C1. The number of hydrogen-bond acceptors (Lipinski definition) is 4. The van der Waals surface area contributed by atoms with Crippen molar-refractivity contribution in [3.63, 3.8) is 0 Å². The van der Waals surface area contributed by atoms with Crippen LogP contribution in [-0.4, -0.2) is 49.2 Å². The van der Waals surface area contributed by atoms with Crippen molar-refractivity contribution in [1.82, 2.24) is 10.2 Å². The molecule has 116 valence electrons. The summed E-state index contributed by atoms with van der Waals surface area (Å²) in [6.45, 7) is 5.29. The summed E-state index contributed by atoms with van der Waals surface area (Å²) in [6, 6.07) is 0.547. The highest BCUT2D eigenvalue weighted by Gasteiger charge is 2.47. The van der Waals surface area contributed by atoms with E-state index >= 15 is 0 Å². The number of nitrogens with one attached hydrogen (secondary N) is 1.